The molecule has 0 aliphatic rings. The summed E-state index contributed by atoms with van der Waals surface area (Å²) < 4.78 is 37.6. The minimum Gasteiger partial charge on any atom is -0.304 e. The van der Waals surface area contributed by atoms with Crippen molar-refractivity contribution in [3.8, 4) is 11.3 Å². The Morgan fingerprint density at radius 3 is 2.33 bits per heavy atom. The Hall–Kier alpha value is -2.81. The van der Waals surface area contributed by atoms with Gasteiger partial charge in [-0.3, -0.25) is 4.79 Å². The molecular weight excluding hydrogens is 341 g/mol. The minimum absolute atomic E-state index is 0.226. The molecule has 0 aliphatic carbocycles. The molecule has 0 radical (unpaired) electrons. The number of carbonyl (C=O) groups is 1. The summed E-state index contributed by atoms with van der Waals surface area (Å²) in [6.07, 6.45) is -4.38. The first-order chi connectivity index (χ1) is 11.4. The molecule has 24 heavy (non-hydrogen) atoms. The van der Waals surface area contributed by atoms with Crippen molar-refractivity contribution >= 4 is 23.1 Å². The summed E-state index contributed by atoms with van der Waals surface area (Å²) in [5.74, 6) is -0.184. The molecule has 3 aromatic rings. The van der Waals surface area contributed by atoms with Gasteiger partial charge in [-0.1, -0.05) is 12.1 Å². The lowest BCUT2D eigenvalue weighted by Gasteiger charge is -2.07. The van der Waals surface area contributed by atoms with E-state index in [0.29, 0.717) is 11.3 Å². The van der Waals surface area contributed by atoms with E-state index in [4.69, 9.17) is 0 Å². The van der Waals surface area contributed by atoms with Crippen LogP contribution in [0.15, 0.2) is 47.3 Å². The highest BCUT2D eigenvalue weighted by molar-refractivity contribution is 7.07. The number of anilines is 1. The highest BCUT2D eigenvalue weighted by atomic mass is 32.1. The van der Waals surface area contributed by atoms with Crippen molar-refractivity contribution in [1.82, 2.24) is 15.2 Å². The van der Waals surface area contributed by atoms with E-state index in [0.717, 1.165) is 12.1 Å². The molecule has 0 aliphatic heterocycles. The van der Waals surface area contributed by atoms with E-state index in [1.807, 2.05) is 0 Å². The molecule has 9 heteroatoms. The SMILES string of the molecule is O=C(Nc1ccc(-c2ccc(C(F)(F)F)cc2)nn1)c1cscn1. The molecule has 1 amide bonds. The number of amides is 1. The van der Waals surface area contributed by atoms with Gasteiger partial charge in [0.2, 0.25) is 0 Å². The van der Waals surface area contributed by atoms with Crippen LogP contribution in [0.5, 0.6) is 0 Å². The molecule has 122 valence electrons. The number of carbonyl (C=O) groups excluding carboxylic acids is 1. The summed E-state index contributed by atoms with van der Waals surface area (Å²) in [6, 6.07) is 7.68. The molecule has 2 heterocycles. The fraction of sp³-hybridized carbons (Fsp3) is 0.0667. The Kier molecular flexibility index (Phi) is 4.26. The number of nitrogens with zero attached hydrogens (tertiary/aromatic N) is 3. The maximum absolute atomic E-state index is 12.5. The zero-order chi connectivity index (χ0) is 17.2. The number of thiazole rings is 1. The summed E-state index contributed by atoms with van der Waals surface area (Å²) in [5, 5.41) is 11.9. The third-order valence-corrected chi connectivity index (χ3v) is 3.67. The monoisotopic (exact) mass is 350 g/mol. The Morgan fingerprint density at radius 1 is 1.04 bits per heavy atom. The van der Waals surface area contributed by atoms with Crippen molar-refractivity contribution in [2.75, 3.05) is 5.32 Å². The van der Waals surface area contributed by atoms with Crippen LogP contribution in [0.1, 0.15) is 16.1 Å². The quantitative estimate of drug-likeness (QED) is 0.779. The fourth-order valence-corrected chi connectivity index (χ4v) is 2.42. The zero-order valence-electron chi connectivity index (χ0n) is 11.9. The molecule has 2 aromatic heterocycles. The van der Waals surface area contributed by atoms with Gasteiger partial charge in [-0.15, -0.1) is 21.5 Å². The molecule has 0 saturated carbocycles. The fourth-order valence-electron chi connectivity index (χ4n) is 1.89. The Morgan fingerprint density at radius 2 is 1.79 bits per heavy atom. The first kappa shape index (κ1) is 16.1. The molecule has 0 spiro atoms. The number of alkyl halides is 3. The van der Waals surface area contributed by atoms with E-state index < -0.39 is 17.6 Å². The number of nitrogens with one attached hydrogen (secondary N) is 1. The van der Waals surface area contributed by atoms with Crippen LogP contribution in [0.25, 0.3) is 11.3 Å². The average Bonchev–Trinajstić information content (AvgIpc) is 3.09. The maximum Gasteiger partial charge on any atom is 0.416 e. The van der Waals surface area contributed by atoms with Crippen LogP contribution < -0.4 is 5.32 Å². The van der Waals surface area contributed by atoms with Gasteiger partial charge in [0.15, 0.2) is 5.82 Å². The van der Waals surface area contributed by atoms with Crippen LogP contribution in [0.3, 0.4) is 0 Å². The van der Waals surface area contributed by atoms with Crippen molar-refractivity contribution in [1.29, 1.82) is 0 Å². The van der Waals surface area contributed by atoms with E-state index in [1.165, 1.54) is 35.0 Å². The Labute approximate surface area is 138 Å². The lowest BCUT2D eigenvalue weighted by molar-refractivity contribution is -0.137. The smallest absolute Gasteiger partial charge is 0.304 e. The molecule has 3 rings (SSSR count). The van der Waals surface area contributed by atoms with Crippen LogP contribution in [-0.2, 0) is 6.18 Å². The molecule has 5 nitrogen and oxygen atoms in total. The average molecular weight is 350 g/mol. The third kappa shape index (κ3) is 3.57. The van der Waals surface area contributed by atoms with Crippen LogP contribution in [-0.4, -0.2) is 21.1 Å². The van der Waals surface area contributed by atoms with Crippen LogP contribution >= 0.6 is 11.3 Å². The number of hydrogen-bond donors (Lipinski definition) is 1. The van der Waals surface area contributed by atoms with Gasteiger partial charge in [-0.2, -0.15) is 13.2 Å². The Bertz CT molecular complexity index is 831. The number of halogens is 3. The highest BCUT2D eigenvalue weighted by Crippen LogP contribution is 2.30. The minimum atomic E-state index is -4.38. The van der Waals surface area contributed by atoms with E-state index in [1.54, 1.807) is 11.4 Å². The highest BCUT2D eigenvalue weighted by Gasteiger charge is 2.30. The first-order valence-corrected chi connectivity index (χ1v) is 7.59. The lowest BCUT2D eigenvalue weighted by Crippen LogP contribution is -2.13. The zero-order valence-corrected chi connectivity index (χ0v) is 12.7. The van der Waals surface area contributed by atoms with E-state index in [2.05, 4.69) is 20.5 Å². The number of benzene rings is 1. The van der Waals surface area contributed by atoms with E-state index >= 15 is 0 Å². The van der Waals surface area contributed by atoms with Gasteiger partial charge in [0, 0.05) is 10.9 Å². The first-order valence-electron chi connectivity index (χ1n) is 6.64. The molecule has 0 fully saturated rings. The topological polar surface area (TPSA) is 67.8 Å². The maximum atomic E-state index is 12.5. The van der Waals surface area contributed by atoms with Gasteiger partial charge < -0.3 is 5.32 Å². The summed E-state index contributed by atoms with van der Waals surface area (Å²) in [7, 11) is 0. The predicted molar refractivity (Wildman–Crippen MR) is 82.5 cm³/mol. The van der Waals surface area contributed by atoms with Crippen molar-refractivity contribution in [2.45, 2.75) is 6.18 Å². The van der Waals surface area contributed by atoms with Crippen molar-refractivity contribution in [3.05, 3.63) is 58.5 Å². The Balaban J connectivity index is 1.73. The summed E-state index contributed by atoms with van der Waals surface area (Å²) in [4.78, 5) is 15.7. The van der Waals surface area contributed by atoms with Crippen molar-refractivity contribution in [2.24, 2.45) is 0 Å². The molecule has 0 saturated heterocycles. The van der Waals surface area contributed by atoms with Gasteiger partial charge in [-0.05, 0) is 24.3 Å². The lowest BCUT2D eigenvalue weighted by atomic mass is 10.1. The molecule has 0 unspecified atom stereocenters. The largest absolute Gasteiger partial charge is 0.416 e. The van der Waals surface area contributed by atoms with Gasteiger partial charge in [0.1, 0.15) is 5.69 Å². The number of hydrogen-bond acceptors (Lipinski definition) is 5. The summed E-state index contributed by atoms with van der Waals surface area (Å²) >= 11 is 1.29. The predicted octanol–water partition coefficient (Wildman–Crippen LogP) is 3.87. The molecule has 1 aromatic carbocycles. The van der Waals surface area contributed by atoms with E-state index in [9.17, 15) is 18.0 Å². The van der Waals surface area contributed by atoms with Gasteiger partial charge in [0.25, 0.3) is 5.91 Å². The molecule has 0 atom stereocenters. The van der Waals surface area contributed by atoms with Crippen LogP contribution in [0.4, 0.5) is 19.0 Å². The van der Waals surface area contributed by atoms with Crippen molar-refractivity contribution < 1.29 is 18.0 Å². The van der Waals surface area contributed by atoms with Crippen LogP contribution in [0.2, 0.25) is 0 Å². The molecule has 1 N–H and O–H groups in total. The van der Waals surface area contributed by atoms with Gasteiger partial charge >= 0.3 is 6.18 Å². The van der Waals surface area contributed by atoms with E-state index in [-0.39, 0.29) is 11.5 Å². The van der Waals surface area contributed by atoms with Crippen molar-refractivity contribution in [3.63, 3.8) is 0 Å². The van der Waals surface area contributed by atoms with Gasteiger partial charge in [0.05, 0.1) is 16.8 Å². The second-order valence-electron chi connectivity index (χ2n) is 4.71. The summed E-state index contributed by atoms with van der Waals surface area (Å²) in [5.41, 5.74) is 1.97. The number of aromatic nitrogens is 3. The molecular formula is C15H9F3N4OS. The normalized spacial score (nSPS) is 11.3. The van der Waals surface area contributed by atoms with Crippen LogP contribution in [0, 0.1) is 0 Å². The third-order valence-electron chi connectivity index (χ3n) is 3.08. The molecule has 0 bridgehead atoms. The number of rotatable bonds is 3. The summed E-state index contributed by atoms with van der Waals surface area (Å²) in [6.45, 7) is 0. The van der Waals surface area contributed by atoms with Gasteiger partial charge in [-0.25, -0.2) is 4.98 Å². The second-order valence-corrected chi connectivity index (χ2v) is 5.43. The standard InChI is InChI=1S/C15H9F3N4OS/c16-15(17,18)10-3-1-9(2-4-10)11-5-6-13(22-21-11)20-14(23)12-7-24-8-19-12/h1-8H,(H,20,22,23). The second kappa shape index (κ2) is 6.36.